The third-order valence-electron chi connectivity index (χ3n) is 4.93. The number of benzene rings is 4. The van der Waals surface area contributed by atoms with Crippen LogP contribution < -0.4 is 0 Å². The van der Waals surface area contributed by atoms with Crippen molar-refractivity contribution in [1.29, 1.82) is 0 Å². The molecule has 0 aliphatic carbocycles. The number of para-hydroxylation sites is 2. The Balaban J connectivity index is 1.66. The number of aromatic nitrogens is 2. The van der Waals surface area contributed by atoms with Crippen molar-refractivity contribution in [3.05, 3.63) is 108 Å². The molecule has 5 rings (SSSR count). The summed E-state index contributed by atoms with van der Waals surface area (Å²) in [5, 5.41) is 0. The van der Waals surface area contributed by atoms with Gasteiger partial charge in [-0.2, -0.15) is 0 Å². The molecule has 0 amide bonds. The molecule has 3 heteroatoms. The lowest BCUT2D eigenvalue weighted by molar-refractivity contribution is 1.29. The molecule has 2 nitrogen and oxygen atoms in total. The summed E-state index contributed by atoms with van der Waals surface area (Å²) >= 11 is 3.55. The summed E-state index contributed by atoms with van der Waals surface area (Å²) in [6.07, 6.45) is 0. The van der Waals surface area contributed by atoms with Gasteiger partial charge in [-0.25, -0.2) is 9.97 Å². The molecule has 0 unspecified atom stereocenters. The number of rotatable bonds is 3. The highest BCUT2D eigenvalue weighted by molar-refractivity contribution is 9.10. The molecule has 29 heavy (non-hydrogen) atoms. The number of fused-ring (bicyclic) bond motifs is 1. The Morgan fingerprint density at radius 1 is 0.448 bits per heavy atom. The Morgan fingerprint density at radius 3 is 1.59 bits per heavy atom. The maximum atomic E-state index is 4.97. The van der Waals surface area contributed by atoms with Crippen molar-refractivity contribution in [2.75, 3.05) is 0 Å². The Hall–Kier alpha value is -3.30. The summed E-state index contributed by atoms with van der Waals surface area (Å²) in [5.41, 5.74) is 8.08. The van der Waals surface area contributed by atoms with Gasteiger partial charge in [0.1, 0.15) is 0 Å². The molecule has 138 valence electrons. The molecule has 0 spiro atoms. The molecule has 0 fully saturated rings. The number of hydrogen-bond acceptors (Lipinski definition) is 2. The van der Waals surface area contributed by atoms with Crippen molar-refractivity contribution in [1.82, 2.24) is 9.97 Å². The van der Waals surface area contributed by atoms with Crippen LogP contribution in [-0.2, 0) is 0 Å². The van der Waals surface area contributed by atoms with Gasteiger partial charge in [0.2, 0.25) is 0 Å². The number of hydrogen-bond donors (Lipinski definition) is 0. The first-order valence-electron chi connectivity index (χ1n) is 9.46. The maximum absolute atomic E-state index is 4.97. The molecule has 1 heterocycles. The summed E-state index contributed by atoms with van der Waals surface area (Å²) < 4.78 is 1.07. The lowest BCUT2D eigenvalue weighted by atomic mass is 10.00. The lowest BCUT2D eigenvalue weighted by Gasteiger charge is -2.11. The minimum Gasteiger partial charge on any atom is -0.244 e. The highest BCUT2D eigenvalue weighted by Gasteiger charge is 2.13. The molecule has 0 aliphatic heterocycles. The van der Waals surface area contributed by atoms with Gasteiger partial charge in [-0.1, -0.05) is 94.8 Å². The van der Waals surface area contributed by atoms with Gasteiger partial charge in [-0.05, 0) is 35.4 Å². The third-order valence-corrected chi connectivity index (χ3v) is 5.43. The fourth-order valence-electron chi connectivity index (χ4n) is 3.49. The molecule has 0 bridgehead atoms. The van der Waals surface area contributed by atoms with Gasteiger partial charge < -0.3 is 0 Å². The van der Waals surface area contributed by atoms with E-state index in [2.05, 4.69) is 70.5 Å². The van der Waals surface area contributed by atoms with Crippen molar-refractivity contribution in [3.63, 3.8) is 0 Å². The van der Waals surface area contributed by atoms with Crippen LogP contribution >= 0.6 is 15.9 Å². The minimum atomic E-state index is 0.899. The maximum Gasteiger partial charge on any atom is 0.0973 e. The summed E-state index contributed by atoms with van der Waals surface area (Å²) in [7, 11) is 0. The quantitative estimate of drug-likeness (QED) is 0.294. The predicted octanol–water partition coefficient (Wildman–Crippen LogP) is 7.39. The van der Waals surface area contributed by atoms with Crippen LogP contribution in [0.25, 0.3) is 44.7 Å². The van der Waals surface area contributed by atoms with Gasteiger partial charge in [0.25, 0.3) is 0 Å². The van der Waals surface area contributed by atoms with Gasteiger partial charge in [0.15, 0.2) is 0 Å². The Bertz CT molecular complexity index is 1300. The van der Waals surface area contributed by atoms with E-state index in [1.54, 1.807) is 0 Å². The largest absolute Gasteiger partial charge is 0.244 e. The first-order chi connectivity index (χ1) is 14.3. The fourth-order valence-corrected chi connectivity index (χ4v) is 3.89. The summed E-state index contributed by atoms with van der Waals surface area (Å²) in [5.74, 6) is 0. The van der Waals surface area contributed by atoms with Gasteiger partial charge in [0.05, 0.1) is 22.4 Å². The van der Waals surface area contributed by atoms with Gasteiger partial charge in [-0.15, -0.1) is 0 Å². The predicted molar refractivity (Wildman–Crippen MR) is 124 cm³/mol. The SMILES string of the molecule is Brc1cccc(-c2ccc(-c3nc4ccccc4nc3-c3ccccc3)cc2)c1. The second-order valence-corrected chi connectivity index (χ2v) is 7.78. The molecule has 0 N–H and O–H groups in total. The fraction of sp³-hybridized carbons (Fsp3) is 0. The van der Waals surface area contributed by atoms with Crippen LogP contribution in [0.3, 0.4) is 0 Å². The zero-order valence-corrected chi connectivity index (χ0v) is 17.2. The average molecular weight is 437 g/mol. The van der Waals surface area contributed by atoms with E-state index in [9.17, 15) is 0 Å². The van der Waals surface area contributed by atoms with Crippen LogP contribution in [0, 0.1) is 0 Å². The van der Waals surface area contributed by atoms with Crippen LogP contribution in [0.1, 0.15) is 0 Å². The minimum absolute atomic E-state index is 0.899. The summed E-state index contributed by atoms with van der Waals surface area (Å²) in [6.45, 7) is 0. The standard InChI is InChI=1S/C26H17BrN2/c27-22-10-6-9-21(17-22)18-13-15-20(16-14-18)26-25(19-7-2-1-3-8-19)28-23-11-4-5-12-24(23)29-26/h1-17H. The Kier molecular flexibility index (Phi) is 4.66. The molecule has 0 aliphatic rings. The second kappa shape index (κ2) is 7.61. The second-order valence-electron chi connectivity index (χ2n) is 6.86. The van der Waals surface area contributed by atoms with E-state index < -0.39 is 0 Å². The molecule has 4 aromatic carbocycles. The monoisotopic (exact) mass is 436 g/mol. The highest BCUT2D eigenvalue weighted by atomic mass is 79.9. The number of halogens is 1. The lowest BCUT2D eigenvalue weighted by Crippen LogP contribution is -1.95. The molecule has 0 saturated carbocycles. The topological polar surface area (TPSA) is 25.8 Å². The molecule has 0 atom stereocenters. The zero-order valence-electron chi connectivity index (χ0n) is 15.6. The van der Waals surface area contributed by atoms with Crippen molar-refractivity contribution < 1.29 is 0 Å². The van der Waals surface area contributed by atoms with Crippen molar-refractivity contribution in [3.8, 4) is 33.6 Å². The average Bonchev–Trinajstić information content (AvgIpc) is 2.79. The highest BCUT2D eigenvalue weighted by Crippen LogP contribution is 2.32. The smallest absolute Gasteiger partial charge is 0.0973 e. The molecule has 1 aromatic heterocycles. The van der Waals surface area contributed by atoms with E-state index in [4.69, 9.17) is 9.97 Å². The van der Waals surface area contributed by atoms with Gasteiger partial charge in [-0.3, -0.25) is 0 Å². The Morgan fingerprint density at radius 2 is 0.966 bits per heavy atom. The van der Waals surface area contributed by atoms with Crippen LogP contribution in [0.4, 0.5) is 0 Å². The van der Waals surface area contributed by atoms with Crippen molar-refractivity contribution in [2.45, 2.75) is 0 Å². The normalized spacial score (nSPS) is 10.9. The van der Waals surface area contributed by atoms with Gasteiger partial charge in [0, 0.05) is 15.6 Å². The third kappa shape index (κ3) is 3.57. The van der Waals surface area contributed by atoms with E-state index in [1.165, 1.54) is 11.1 Å². The first-order valence-corrected chi connectivity index (χ1v) is 10.3. The van der Waals surface area contributed by atoms with Crippen LogP contribution in [-0.4, -0.2) is 9.97 Å². The molecular weight excluding hydrogens is 420 g/mol. The molecular formula is C26H17BrN2. The van der Waals surface area contributed by atoms with Crippen LogP contribution in [0.5, 0.6) is 0 Å². The van der Waals surface area contributed by atoms with Gasteiger partial charge >= 0.3 is 0 Å². The summed E-state index contributed by atoms with van der Waals surface area (Å²) in [4.78, 5) is 9.91. The molecule has 5 aromatic rings. The molecule has 0 saturated heterocycles. The van der Waals surface area contributed by atoms with Crippen molar-refractivity contribution in [2.24, 2.45) is 0 Å². The molecule has 0 radical (unpaired) electrons. The van der Waals surface area contributed by atoms with Crippen molar-refractivity contribution >= 4 is 27.0 Å². The first kappa shape index (κ1) is 17.8. The van der Waals surface area contributed by atoms with E-state index in [1.807, 2.05) is 48.5 Å². The zero-order chi connectivity index (χ0) is 19.6. The van der Waals surface area contributed by atoms with E-state index in [0.717, 1.165) is 38.0 Å². The van der Waals surface area contributed by atoms with Crippen LogP contribution in [0.2, 0.25) is 0 Å². The number of nitrogens with zero attached hydrogens (tertiary/aromatic N) is 2. The van der Waals surface area contributed by atoms with E-state index >= 15 is 0 Å². The summed E-state index contributed by atoms with van der Waals surface area (Å²) in [6, 6.07) is 35.1. The van der Waals surface area contributed by atoms with E-state index in [-0.39, 0.29) is 0 Å². The Labute approximate surface area is 178 Å². The van der Waals surface area contributed by atoms with E-state index in [0.29, 0.717) is 0 Å². The van der Waals surface area contributed by atoms with Crippen LogP contribution in [0.15, 0.2) is 108 Å².